The maximum Gasteiger partial charge on any atom is 0.244 e. The molecule has 1 saturated heterocycles. The van der Waals surface area contributed by atoms with E-state index < -0.39 is 17.3 Å². The molecule has 3 amide bonds. The summed E-state index contributed by atoms with van der Waals surface area (Å²) in [6.07, 6.45) is 1.81. The van der Waals surface area contributed by atoms with Gasteiger partial charge in [0, 0.05) is 17.2 Å². The number of hydrogen-bond donors (Lipinski definition) is 1. The Bertz CT molecular complexity index is 1700. The summed E-state index contributed by atoms with van der Waals surface area (Å²) in [5.74, 6) is -2.31. The molecule has 1 fully saturated rings. The lowest BCUT2D eigenvalue weighted by Crippen LogP contribution is -2.54. The molecule has 1 aliphatic heterocycles. The van der Waals surface area contributed by atoms with Gasteiger partial charge in [-0.25, -0.2) is 10.3 Å². The maximum atomic E-state index is 14.4. The summed E-state index contributed by atoms with van der Waals surface area (Å²) in [5, 5.41) is 5.07. The molecule has 0 aromatic heterocycles. The van der Waals surface area contributed by atoms with Crippen molar-refractivity contribution in [2.45, 2.75) is 24.7 Å². The molecule has 41 heavy (non-hydrogen) atoms. The molecule has 2 atom stereocenters. The molecule has 4 aromatic rings. The number of halogens is 1. The molecule has 3 aliphatic carbocycles. The zero-order chi connectivity index (χ0) is 28.3. The van der Waals surface area contributed by atoms with Crippen molar-refractivity contribution in [1.29, 1.82) is 0 Å². The Morgan fingerprint density at radius 2 is 1.49 bits per heavy atom. The lowest BCUT2D eigenvalue weighted by Gasteiger charge is -2.52. The fraction of sp³-hybridized carbons (Fsp3) is 0.176. The number of aryl methyl sites for hydroxylation is 1. The molecule has 0 radical (unpaired) electrons. The standard InChI is InChI=1S/C34H26ClN3O3/c1-20-10-16-23(17-11-20)38-32(40)30-29-24-6-2-4-8-26(24)34(31(30)33(38)41,27-9-5-3-7-25(27)29)19-36-37-28(39)18-21-12-14-22(35)15-13-21/h2-17,19,29-31H,18H2,1H3,(H,37,39)/b36-19-/t29?,30-,31-,34?/m1/s1. The molecule has 7 heteroatoms. The number of anilines is 1. The number of imide groups is 1. The van der Waals surface area contributed by atoms with Crippen LogP contribution in [-0.2, 0) is 26.2 Å². The van der Waals surface area contributed by atoms with Crippen molar-refractivity contribution in [2.24, 2.45) is 16.9 Å². The van der Waals surface area contributed by atoms with Gasteiger partial charge < -0.3 is 0 Å². The van der Waals surface area contributed by atoms with Crippen LogP contribution < -0.4 is 10.3 Å². The first-order chi connectivity index (χ1) is 19.9. The van der Waals surface area contributed by atoms with Crippen molar-refractivity contribution >= 4 is 41.2 Å². The minimum atomic E-state index is -1.04. The van der Waals surface area contributed by atoms with Crippen LogP contribution in [-0.4, -0.2) is 23.9 Å². The third-order valence-electron chi connectivity index (χ3n) is 8.71. The Morgan fingerprint density at radius 1 is 0.878 bits per heavy atom. The highest BCUT2D eigenvalue weighted by atomic mass is 35.5. The normalized spacial score (nSPS) is 23.9. The van der Waals surface area contributed by atoms with Gasteiger partial charge in [0.2, 0.25) is 17.7 Å². The van der Waals surface area contributed by atoms with Crippen molar-refractivity contribution in [2.75, 3.05) is 4.90 Å². The number of carbonyl (C=O) groups excluding carboxylic acids is 3. The Labute approximate surface area is 242 Å². The Hall–Kier alpha value is -4.55. The van der Waals surface area contributed by atoms with Crippen molar-refractivity contribution < 1.29 is 14.4 Å². The van der Waals surface area contributed by atoms with Crippen molar-refractivity contribution in [1.82, 2.24) is 5.43 Å². The third kappa shape index (κ3) is 3.78. The minimum Gasteiger partial charge on any atom is -0.274 e. The van der Waals surface area contributed by atoms with Crippen LogP contribution >= 0.6 is 11.6 Å². The van der Waals surface area contributed by atoms with Crippen molar-refractivity contribution in [3.63, 3.8) is 0 Å². The summed E-state index contributed by atoms with van der Waals surface area (Å²) in [5.41, 5.74) is 7.95. The monoisotopic (exact) mass is 559 g/mol. The zero-order valence-electron chi connectivity index (χ0n) is 22.3. The van der Waals surface area contributed by atoms with Gasteiger partial charge in [0.05, 0.1) is 29.4 Å². The predicted molar refractivity (Wildman–Crippen MR) is 158 cm³/mol. The van der Waals surface area contributed by atoms with Gasteiger partial charge in [0.25, 0.3) is 0 Å². The summed E-state index contributed by atoms with van der Waals surface area (Å²) in [6.45, 7) is 1.97. The third-order valence-corrected chi connectivity index (χ3v) is 8.96. The second-order valence-corrected chi connectivity index (χ2v) is 11.4. The van der Waals surface area contributed by atoms with Crippen LogP contribution in [0.25, 0.3) is 0 Å². The fourth-order valence-electron chi connectivity index (χ4n) is 7.03. The number of amides is 3. The molecule has 8 rings (SSSR count). The molecule has 0 unspecified atom stereocenters. The minimum absolute atomic E-state index is 0.126. The Balaban J connectivity index is 1.34. The molecule has 0 saturated carbocycles. The van der Waals surface area contributed by atoms with E-state index in [0.717, 1.165) is 33.4 Å². The summed E-state index contributed by atoms with van der Waals surface area (Å²) in [7, 11) is 0. The van der Waals surface area contributed by atoms with Gasteiger partial charge in [-0.1, -0.05) is 90.0 Å². The SMILES string of the molecule is Cc1ccc(N2C(=O)[C@@H]3C4c5ccccc5C(/C=N\NC(=O)Cc5ccc(Cl)cc5)(c5ccccc54)[C@H]3C2=O)cc1. The topological polar surface area (TPSA) is 78.8 Å². The van der Waals surface area contributed by atoms with Crippen LogP contribution in [0.4, 0.5) is 5.69 Å². The largest absolute Gasteiger partial charge is 0.274 e. The first-order valence-electron chi connectivity index (χ1n) is 13.6. The Kier molecular flexibility index (Phi) is 5.91. The number of rotatable bonds is 5. The second kappa shape index (κ2) is 9.53. The van der Waals surface area contributed by atoms with Crippen molar-refractivity contribution in [3.8, 4) is 0 Å². The molecular formula is C34H26ClN3O3. The number of nitrogens with one attached hydrogen (secondary N) is 1. The van der Waals surface area contributed by atoms with Gasteiger partial charge >= 0.3 is 0 Å². The van der Waals surface area contributed by atoms with Gasteiger partial charge in [0.15, 0.2) is 0 Å². The highest BCUT2D eigenvalue weighted by Crippen LogP contribution is 2.63. The van der Waals surface area contributed by atoms with Crippen LogP contribution in [0.1, 0.15) is 39.3 Å². The molecule has 1 N–H and O–H groups in total. The molecule has 6 nitrogen and oxygen atoms in total. The van der Waals surface area contributed by atoms with Crippen LogP contribution in [0.3, 0.4) is 0 Å². The predicted octanol–water partition coefficient (Wildman–Crippen LogP) is 5.54. The van der Waals surface area contributed by atoms with Gasteiger partial charge in [-0.05, 0) is 59.0 Å². The van der Waals surface area contributed by atoms with Gasteiger partial charge in [-0.3, -0.25) is 14.4 Å². The van der Waals surface area contributed by atoms with Gasteiger partial charge in [-0.2, -0.15) is 5.10 Å². The van der Waals surface area contributed by atoms with Gasteiger partial charge in [-0.15, -0.1) is 0 Å². The van der Waals surface area contributed by atoms with E-state index in [4.69, 9.17) is 11.6 Å². The number of hydrazone groups is 1. The van der Waals surface area contributed by atoms with Crippen LogP contribution in [0.5, 0.6) is 0 Å². The maximum absolute atomic E-state index is 14.4. The molecular weight excluding hydrogens is 534 g/mol. The van der Waals surface area contributed by atoms with Gasteiger partial charge in [0.1, 0.15) is 0 Å². The highest BCUT2D eigenvalue weighted by molar-refractivity contribution is 6.30. The van der Waals surface area contributed by atoms with E-state index in [1.54, 1.807) is 30.5 Å². The quantitative estimate of drug-likeness (QED) is 0.198. The summed E-state index contributed by atoms with van der Waals surface area (Å²) >= 11 is 5.98. The lowest BCUT2D eigenvalue weighted by atomic mass is 9.47. The molecule has 1 heterocycles. The highest BCUT2D eigenvalue weighted by Gasteiger charge is 2.68. The molecule has 202 valence electrons. The van der Waals surface area contributed by atoms with E-state index >= 15 is 0 Å². The number of carbonyl (C=O) groups is 3. The van der Waals surface area contributed by atoms with Crippen LogP contribution in [0, 0.1) is 18.8 Å². The average Bonchev–Trinajstić information content (AvgIpc) is 3.25. The number of hydrogen-bond acceptors (Lipinski definition) is 4. The van der Waals surface area contributed by atoms with E-state index in [-0.39, 0.29) is 30.1 Å². The van der Waals surface area contributed by atoms with E-state index in [0.29, 0.717) is 10.7 Å². The molecule has 4 aliphatic rings. The summed E-state index contributed by atoms with van der Waals surface area (Å²) in [6, 6.07) is 30.5. The van der Waals surface area contributed by atoms with Crippen LogP contribution in [0.2, 0.25) is 5.02 Å². The van der Waals surface area contributed by atoms with Crippen molar-refractivity contribution in [3.05, 3.63) is 135 Å². The summed E-state index contributed by atoms with van der Waals surface area (Å²) < 4.78 is 0. The van der Waals surface area contributed by atoms with Crippen LogP contribution in [0.15, 0.2) is 102 Å². The fourth-order valence-corrected chi connectivity index (χ4v) is 7.16. The second-order valence-electron chi connectivity index (χ2n) is 11.0. The lowest BCUT2D eigenvalue weighted by molar-refractivity contribution is -0.123. The molecule has 4 aromatic carbocycles. The number of nitrogens with zero attached hydrogens (tertiary/aromatic N) is 2. The summed E-state index contributed by atoms with van der Waals surface area (Å²) in [4.78, 5) is 42.7. The van der Waals surface area contributed by atoms with E-state index in [9.17, 15) is 14.4 Å². The molecule has 2 bridgehead atoms. The van der Waals surface area contributed by atoms with E-state index in [2.05, 4.69) is 10.5 Å². The first kappa shape index (κ1) is 25.4. The first-order valence-corrected chi connectivity index (χ1v) is 14.0. The van der Waals surface area contributed by atoms with E-state index in [1.807, 2.05) is 79.7 Å². The number of benzene rings is 4. The smallest absolute Gasteiger partial charge is 0.244 e. The molecule has 0 spiro atoms. The Morgan fingerprint density at radius 3 is 2.12 bits per heavy atom. The zero-order valence-corrected chi connectivity index (χ0v) is 23.0. The average molecular weight is 560 g/mol. The van der Waals surface area contributed by atoms with E-state index in [1.165, 1.54) is 4.90 Å².